The van der Waals surface area contributed by atoms with E-state index >= 15 is 0 Å². The van der Waals surface area contributed by atoms with Crippen LogP contribution in [-0.2, 0) is 11.0 Å². The molecule has 0 bridgehead atoms. The molecule has 0 amide bonds. The van der Waals surface area contributed by atoms with E-state index in [4.69, 9.17) is 51.1 Å². The van der Waals surface area contributed by atoms with Crippen LogP contribution in [0.3, 0.4) is 0 Å². The number of hydrogen-bond acceptors (Lipinski definition) is 3. The molecule has 1 heterocycles. The largest absolute Gasteiger partial charge is 0.451 e. The van der Waals surface area contributed by atoms with Gasteiger partial charge in [0, 0.05) is 10.7 Å². The minimum Gasteiger partial charge on any atom is -0.451 e. The molecule has 0 aliphatic rings. The Morgan fingerprint density at radius 2 is 1.62 bits per heavy atom. The predicted molar refractivity (Wildman–Crippen MR) is 127 cm³/mol. The molecule has 1 N–H and O–H groups in total. The van der Waals surface area contributed by atoms with Crippen molar-refractivity contribution in [2.75, 3.05) is 4.72 Å². The number of ether oxygens (including phenoxy) is 1. The van der Waals surface area contributed by atoms with Crippen LogP contribution >= 0.6 is 46.4 Å². The smallest absolute Gasteiger partial charge is 0.165 e. The normalized spacial score (nSPS) is 11.9. The van der Waals surface area contributed by atoms with Crippen LogP contribution in [0.15, 0.2) is 71.9 Å². The third-order valence-corrected chi connectivity index (χ3v) is 6.57. The molecule has 4 aromatic rings. The lowest BCUT2D eigenvalue weighted by Crippen LogP contribution is -2.05. The van der Waals surface area contributed by atoms with Gasteiger partial charge in [0.05, 0.1) is 38.0 Å². The number of anilines is 1. The molecule has 0 saturated heterocycles. The number of aromatic nitrogens is 2. The van der Waals surface area contributed by atoms with Crippen LogP contribution in [0, 0.1) is 5.82 Å². The summed E-state index contributed by atoms with van der Waals surface area (Å²) in [5.41, 5.74) is 1.06. The topological polar surface area (TPSA) is 56.1 Å². The second-order valence-corrected chi connectivity index (χ2v) is 9.25. The molecule has 3 aromatic carbocycles. The number of benzene rings is 3. The van der Waals surface area contributed by atoms with Gasteiger partial charge in [-0.15, -0.1) is 0 Å². The van der Waals surface area contributed by atoms with Crippen LogP contribution in [0.1, 0.15) is 0 Å². The molecule has 1 aromatic heterocycles. The summed E-state index contributed by atoms with van der Waals surface area (Å²) in [6.07, 6.45) is 3.07. The van der Waals surface area contributed by atoms with Crippen molar-refractivity contribution in [3.63, 3.8) is 0 Å². The molecule has 1 atom stereocenters. The van der Waals surface area contributed by atoms with Crippen molar-refractivity contribution >= 4 is 63.1 Å². The molecule has 0 fully saturated rings. The lowest BCUT2D eigenvalue weighted by Gasteiger charge is -2.12. The van der Waals surface area contributed by atoms with E-state index in [0.29, 0.717) is 27.0 Å². The summed E-state index contributed by atoms with van der Waals surface area (Å²) in [7, 11) is -1.67. The van der Waals surface area contributed by atoms with Gasteiger partial charge in [-0.2, -0.15) is 5.10 Å². The Bertz CT molecular complexity index is 1290. The van der Waals surface area contributed by atoms with Crippen LogP contribution < -0.4 is 9.46 Å². The summed E-state index contributed by atoms with van der Waals surface area (Å²) >= 11 is 24.7. The van der Waals surface area contributed by atoms with Crippen LogP contribution in [0.2, 0.25) is 20.1 Å². The Kier molecular flexibility index (Phi) is 6.93. The van der Waals surface area contributed by atoms with Gasteiger partial charge in [-0.1, -0.05) is 46.4 Å². The van der Waals surface area contributed by atoms with Gasteiger partial charge in [0.15, 0.2) is 22.5 Å². The quantitative estimate of drug-likeness (QED) is 0.280. The predicted octanol–water partition coefficient (Wildman–Crippen LogP) is 7.55. The lowest BCUT2D eigenvalue weighted by atomic mass is 10.3. The molecule has 4 rings (SSSR count). The molecular formula is C21H12Cl4FN3O2S. The first-order valence-corrected chi connectivity index (χ1v) is 11.6. The third-order valence-electron chi connectivity index (χ3n) is 4.17. The van der Waals surface area contributed by atoms with E-state index in [1.54, 1.807) is 30.5 Å². The van der Waals surface area contributed by atoms with Crippen LogP contribution in [0.5, 0.6) is 11.5 Å². The molecule has 11 heteroatoms. The zero-order chi connectivity index (χ0) is 22.8. The number of halogens is 5. The van der Waals surface area contributed by atoms with Crippen molar-refractivity contribution in [2.45, 2.75) is 4.90 Å². The van der Waals surface area contributed by atoms with E-state index in [9.17, 15) is 8.60 Å². The fourth-order valence-electron chi connectivity index (χ4n) is 2.72. The van der Waals surface area contributed by atoms with E-state index in [1.807, 2.05) is 0 Å². The van der Waals surface area contributed by atoms with Gasteiger partial charge in [-0.05, 0) is 54.6 Å². The monoisotopic (exact) mass is 529 g/mol. The Labute approximate surface area is 205 Å². The van der Waals surface area contributed by atoms with Gasteiger partial charge in [0.1, 0.15) is 5.82 Å². The van der Waals surface area contributed by atoms with Crippen molar-refractivity contribution in [3.8, 4) is 17.2 Å². The van der Waals surface area contributed by atoms with Gasteiger partial charge in [0.25, 0.3) is 0 Å². The first-order chi connectivity index (χ1) is 15.3. The van der Waals surface area contributed by atoms with Crippen LogP contribution in [0.4, 0.5) is 10.1 Å². The van der Waals surface area contributed by atoms with Crippen molar-refractivity contribution in [1.82, 2.24) is 9.78 Å². The Balaban J connectivity index is 1.52. The van der Waals surface area contributed by atoms with Gasteiger partial charge in [-0.3, -0.25) is 0 Å². The van der Waals surface area contributed by atoms with E-state index in [2.05, 4.69) is 9.82 Å². The summed E-state index contributed by atoms with van der Waals surface area (Å²) in [6.45, 7) is 0. The first kappa shape index (κ1) is 22.9. The maximum atomic E-state index is 13.1. The molecule has 0 spiro atoms. The molecule has 164 valence electrons. The van der Waals surface area contributed by atoms with Gasteiger partial charge < -0.3 is 9.46 Å². The third kappa shape index (κ3) is 5.19. The van der Waals surface area contributed by atoms with E-state index in [1.165, 1.54) is 41.2 Å². The number of hydrogen-bond donors (Lipinski definition) is 1. The Hall–Kier alpha value is -2.29. The summed E-state index contributed by atoms with van der Waals surface area (Å²) in [4.78, 5) is 0.358. The van der Waals surface area contributed by atoms with Crippen molar-refractivity contribution in [2.24, 2.45) is 0 Å². The molecular weight excluding hydrogens is 519 g/mol. The summed E-state index contributed by atoms with van der Waals surface area (Å²) in [5.74, 6) is 0.229. The highest BCUT2D eigenvalue weighted by molar-refractivity contribution is 7.86. The highest BCUT2D eigenvalue weighted by Crippen LogP contribution is 2.39. The molecule has 0 saturated carbocycles. The second-order valence-electron chi connectivity index (χ2n) is 6.41. The zero-order valence-corrected chi connectivity index (χ0v) is 19.7. The molecule has 0 aliphatic heterocycles. The maximum Gasteiger partial charge on any atom is 0.165 e. The molecule has 0 radical (unpaired) electrons. The minimum atomic E-state index is -1.67. The van der Waals surface area contributed by atoms with Crippen molar-refractivity contribution in [1.29, 1.82) is 0 Å². The van der Waals surface area contributed by atoms with Gasteiger partial charge in [0.2, 0.25) is 0 Å². The molecule has 1 unspecified atom stereocenters. The Morgan fingerprint density at radius 1 is 0.938 bits per heavy atom. The summed E-state index contributed by atoms with van der Waals surface area (Å²) in [5, 5.41) is 5.26. The standard InChI is InChI=1S/C21H12Cl4FN3O2S/c22-12-1-6-20(17(23)7-12)32(30)28-14-8-18(24)21(19(25)9-14)31-16-10-27-29(11-16)15-4-2-13(26)3-5-15/h1-11,28H. The Morgan fingerprint density at radius 3 is 2.28 bits per heavy atom. The van der Waals surface area contributed by atoms with Gasteiger partial charge in [-0.25, -0.2) is 13.3 Å². The average Bonchev–Trinajstić information content (AvgIpc) is 3.20. The highest BCUT2D eigenvalue weighted by Gasteiger charge is 2.15. The molecule has 32 heavy (non-hydrogen) atoms. The van der Waals surface area contributed by atoms with E-state index in [-0.39, 0.29) is 26.6 Å². The fourth-order valence-corrected chi connectivity index (χ4v) is 4.77. The highest BCUT2D eigenvalue weighted by atomic mass is 35.5. The SMILES string of the molecule is O=S(Nc1cc(Cl)c(Oc2cnn(-c3ccc(F)cc3)c2)c(Cl)c1)c1ccc(Cl)cc1Cl. The number of rotatable bonds is 6. The maximum absolute atomic E-state index is 13.1. The fraction of sp³-hybridized carbons (Fsp3) is 0. The lowest BCUT2D eigenvalue weighted by molar-refractivity contribution is 0.483. The average molecular weight is 531 g/mol. The number of nitrogens with zero attached hydrogens (tertiary/aromatic N) is 2. The molecule has 0 aliphatic carbocycles. The summed E-state index contributed by atoms with van der Waals surface area (Å²) in [6, 6.07) is 13.5. The second kappa shape index (κ2) is 9.68. The summed E-state index contributed by atoms with van der Waals surface area (Å²) < 4.78 is 35.8. The van der Waals surface area contributed by atoms with Gasteiger partial charge >= 0.3 is 0 Å². The van der Waals surface area contributed by atoms with Crippen LogP contribution in [-0.4, -0.2) is 14.0 Å². The minimum absolute atomic E-state index is 0.189. The van der Waals surface area contributed by atoms with Crippen LogP contribution in [0.25, 0.3) is 5.69 Å². The van der Waals surface area contributed by atoms with E-state index < -0.39 is 11.0 Å². The first-order valence-electron chi connectivity index (χ1n) is 8.91. The zero-order valence-electron chi connectivity index (χ0n) is 15.9. The van der Waals surface area contributed by atoms with E-state index in [0.717, 1.165) is 0 Å². The van der Waals surface area contributed by atoms with Crippen molar-refractivity contribution in [3.05, 3.63) is 92.9 Å². The number of nitrogens with one attached hydrogen (secondary N) is 1. The molecule has 5 nitrogen and oxygen atoms in total. The van der Waals surface area contributed by atoms with Crippen molar-refractivity contribution < 1.29 is 13.3 Å².